The van der Waals surface area contributed by atoms with Gasteiger partial charge < -0.3 is 14.6 Å². The fraction of sp³-hybridized carbons (Fsp3) is 0.333. The molecule has 5 rings (SSSR count). The van der Waals surface area contributed by atoms with Crippen LogP contribution in [0.4, 0.5) is 4.39 Å². The van der Waals surface area contributed by atoms with Gasteiger partial charge in [-0.15, -0.1) is 21.5 Å². The van der Waals surface area contributed by atoms with Crippen molar-refractivity contribution in [2.45, 2.75) is 31.7 Å². The lowest BCUT2D eigenvalue weighted by Crippen LogP contribution is -2.43. The number of halogens is 1. The summed E-state index contributed by atoms with van der Waals surface area (Å²) in [6.45, 7) is 1.95. The second-order valence-corrected chi connectivity index (χ2v) is 9.42. The Morgan fingerprint density at radius 1 is 1.15 bits per heavy atom. The first-order valence-electron chi connectivity index (χ1n) is 11.0. The van der Waals surface area contributed by atoms with Crippen LogP contribution in [-0.4, -0.2) is 52.2 Å². The molecule has 0 atom stereocenters. The summed E-state index contributed by atoms with van der Waals surface area (Å²) >= 11 is 1.28. The number of hydrogen-bond donors (Lipinski definition) is 1. The molecule has 170 valence electrons. The van der Waals surface area contributed by atoms with Gasteiger partial charge in [0.25, 0.3) is 0 Å². The van der Waals surface area contributed by atoms with Crippen LogP contribution in [-0.2, 0) is 17.6 Å². The van der Waals surface area contributed by atoms with Gasteiger partial charge in [-0.25, -0.2) is 9.37 Å². The lowest BCUT2D eigenvalue weighted by atomic mass is 10.1. The number of fused-ring (bicyclic) bond motifs is 1. The van der Waals surface area contributed by atoms with Gasteiger partial charge in [0.2, 0.25) is 17.7 Å². The standard InChI is InChI=1S/C24H24FN5O2S/c1-30-11-9-16(10-12-30)26-19(31)13-20-28-29-21(32-20)14-22-27-18-8-7-17(23(25)24(18)33-22)15-5-3-2-4-6-15/h2-8,16H,9-14H2,1H3,(H,26,31). The molecule has 7 nitrogen and oxygen atoms in total. The Kier molecular flexibility index (Phi) is 6.15. The van der Waals surface area contributed by atoms with E-state index in [0.717, 1.165) is 31.5 Å². The Balaban J connectivity index is 1.25. The first kappa shape index (κ1) is 21.7. The maximum atomic E-state index is 15.1. The molecule has 9 heteroatoms. The molecule has 1 amide bonds. The van der Waals surface area contributed by atoms with Gasteiger partial charge >= 0.3 is 0 Å². The largest absolute Gasteiger partial charge is 0.424 e. The second-order valence-electron chi connectivity index (χ2n) is 8.34. The highest BCUT2D eigenvalue weighted by atomic mass is 32.1. The highest BCUT2D eigenvalue weighted by Crippen LogP contribution is 2.33. The van der Waals surface area contributed by atoms with Crippen LogP contribution in [0.2, 0.25) is 0 Å². The summed E-state index contributed by atoms with van der Waals surface area (Å²) in [7, 11) is 2.08. The Morgan fingerprint density at radius 2 is 1.91 bits per heavy atom. The Hall–Kier alpha value is -3.17. The zero-order valence-corrected chi connectivity index (χ0v) is 19.1. The summed E-state index contributed by atoms with van der Waals surface area (Å²) in [5, 5.41) is 11.8. The van der Waals surface area contributed by atoms with Gasteiger partial charge in [0.1, 0.15) is 17.2 Å². The highest BCUT2D eigenvalue weighted by Gasteiger charge is 2.20. The number of rotatable bonds is 6. The molecule has 2 aromatic carbocycles. The van der Waals surface area contributed by atoms with Crippen molar-refractivity contribution < 1.29 is 13.6 Å². The third-order valence-corrected chi connectivity index (χ3v) is 6.90. The van der Waals surface area contributed by atoms with E-state index in [9.17, 15) is 4.79 Å². The number of nitrogens with zero attached hydrogens (tertiary/aromatic N) is 4. The minimum Gasteiger partial charge on any atom is -0.424 e. The van der Waals surface area contributed by atoms with Gasteiger partial charge in [0, 0.05) is 11.6 Å². The molecule has 1 saturated heterocycles. The van der Waals surface area contributed by atoms with Gasteiger partial charge in [-0.05, 0) is 50.7 Å². The van der Waals surface area contributed by atoms with Gasteiger partial charge in [-0.2, -0.15) is 0 Å². The number of hydrogen-bond acceptors (Lipinski definition) is 7. The maximum Gasteiger partial charge on any atom is 0.229 e. The lowest BCUT2D eigenvalue weighted by molar-refractivity contribution is -0.121. The van der Waals surface area contributed by atoms with E-state index in [2.05, 4.69) is 32.4 Å². The van der Waals surface area contributed by atoms with E-state index in [1.807, 2.05) is 36.4 Å². The molecule has 0 saturated carbocycles. The average Bonchev–Trinajstić information content (AvgIpc) is 3.43. The van der Waals surface area contributed by atoms with Crippen LogP contribution in [0.5, 0.6) is 0 Å². The monoisotopic (exact) mass is 465 g/mol. The zero-order chi connectivity index (χ0) is 22.8. The number of carbonyl (C=O) groups excluding carboxylic acids is 1. The van der Waals surface area contributed by atoms with Crippen LogP contribution in [0.25, 0.3) is 21.3 Å². The number of likely N-dealkylation sites (tertiary alicyclic amines) is 1. The maximum absolute atomic E-state index is 15.1. The normalized spacial score (nSPS) is 15.2. The fourth-order valence-electron chi connectivity index (χ4n) is 4.05. The number of benzene rings is 2. The molecule has 3 heterocycles. The van der Waals surface area contributed by atoms with Crippen molar-refractivity contribution in [3.63, 3.8) is 0 Å². The molecule has 2 aromatic heterocycles. The number of nitrogens with one attached hydrogen (secondary N) is 1. The van der Waals surface area contributed by atoms with E-state index in [0.29, 0.717) is 33.1 Å². The molecule has 0 radical (unpaired) electrons. The molecule has 0 aliphatic carbocycles. The van der Waals surface area contributed by atoms with E-state index in [-0.39, 0.29) is 30.1 Å². The lowest BCUT2D eigenvalue weighted by Gasteiger charge is -2.29. The van der Waals surface area contributed by atoms with Gasteiger partial charge in [0.05, 0.1) is 16.6 Å². The van der Waals surface area contributed by atoms with Crippen LogP contribution < -0.4 is 5.32 Å². The predicted molar refractivity (Wildman–Crippen MR) is 124 cm³/mol. The van der Waals surface area contributed by atoms with E-state index >= 15 is 4.39 Å². The number of aromatic nitrogens is 3. The Morgan fingerprint density at radius 3 is 2.70 bits per heavy atom. The van der Waals surface area contributed by atoms with Crippen molar-refractivity contribution in [1.29, 1.82) is 0 Å². The quantitative estimate of drug-likeness (QED) is 0.466. The smallest absolute Gasteiger partial charge is 0.229 e. The zero-order valence-electron chi connectivity index (χ0n) is 18.3. The summed E-state index contributed by atoms with van der Waals surface area (Å²) in [5.41, 5.74) is 1.98. The van der Waals surface area contributed by atoms with Crippen LogP contribution in [0.3, 0.4) is 0 Å². The number of thiazole rings is 1. The van der Waals surface area contributed by atoms with Crippen molar-refractivity contribution >= 4 is 27.5 Å². The van der Waals surface area contributed by atoms with E-state index in [4.69, 9.17) is 4.42 Å². The average molecular weight is 466 g/mol. The van der Waals surface area contributed by atoms with Crippen LogP contribution in [0, 0.1) is 5.82 Å². The third-order valence-electron chi connectivity index (χ3n) is 5.83. The number of piperidine rings is 1. The molecule has 33 heavy (non-hydrogen) atoms. The van der Waals surface area contributed by atoms with Crippen LogP contribution in [0.1, 0.15) is 29.6 Å². The Labute approximate surface area is 194 Å². The summed E-state index contributed by atoms with van der Waals surface area (Å²) in [5.74, 6) is 0.239. The second kappa shape index (κ2) is 9.36. The molecule has 0 spiro atoms. The van der Waals surface area contributed by atoms with Gasteiger partial charge in [-0.1, -0.05) is 30.3 Å². The van der Waals surface area contributed by atoms with Crippen molar-refractivity contribution in [3.05, 3.63) is 65.1 Å². The topological polar surface area (TPSA) is 84.2 Å². The molecule has 0 bridgehead atoms. The molecular weight excluding hydrogens is 441 g/mol. The summed E-state index contributed by atoms with van der Waals surface area (Å²) in [6.07, 6.45) is 2.23. The SMILES string of the molecule is CN1CCC(NC(=O)Cc2nnc(Cc3nc4ccc(-c5ccccc5)c(F)c4s3)o2)CC1. The first-order chi connectivity index (χ1) is 16.0. The Bertz CT molecular complexity index is 1260. The molecule has 1 N–H and O–H groups in total. The minimum absolute atomic E-state index is 0.0498. The van der Waals surface area contributed by atoms with Crippen molar-refractivity contribution in [2.24, 2.45) is 0 Å². The molecule has 4 aromatic rings. The first-order valence-corrected chi connectivity index (χ1v) is 11.8. The van der Waals surface area contributed by atoms with Crippen molar-refractivity contribution in [2.75, 3.05) is 20.1 Å². The van der Waals surface area contributed by atoms with Crippen molar-refractivity contribution in [3.8, 4) is 11.1 Å². The molecule has 1 aliphatic rings. The van der Waals surface area contributed by atoms with Gasteiger partial charge in [-0.3, -0.25) is 4.79 Å². The van der Waals surface area contributed by atoms with E-state index < -0.39 is 0 Å². The number of carbonyl (C=O) groups is 1. The van der Waals surface area contributed by atoms with Crippen LogP contribution >= 0.6 is 11.3 Å². The van der Waals surface area contributed by atoms with E-state index in [1.54, 1.807) is 6.07 Å². The van der Waals surface area contributed by atoms with Crippen LogP contribution in [0.15, 0.2) is 46.9 Å². The molecule has 0 unspecified atom stereocenters. The summed E-state index contributed by atoms with van der Waals surface area (Å²) in [6, 6.07) is 13.2. The van der Waals surface area contributed by atoms with Gasteiger partial charge in [0.15, 0.2) is 0 Å². The fourth-order valence-corrected chi connectivity index (χ4v) is 5.04. The highest BCUT2D eigenvalue weighted by molar-refractivity contribution is 7.18. The third kappa shape index (κ3) is 4.94. The van der Waals surface area contributed by atoms with Crippen molar-refractivity contribution in [1.82, 2.24) is 25.4 Å². The number of amides is 1. The molecular formula is C24H24FN5O2S. The minimum atomic E-state index is -0.278. The van der Waals surface area contributed by atoms with E-state index in [1.165, 1.54) is 11.3 Å². The predicted octanol–water partition coefficient (Wildman–Crippen LogP) is 3.83. The summed E-state index contributed by atoms with van der Waals surface area (Å²) in [4.78, 5) is 19.1. The summed E-state index contributed by atoms with van der Waals surface area (Å²) < 4.78 is 21.3. The molecule has 1 aliphatic heterocycles. The molecule has 1 fully saturated rings.